The number of aromatic amines is 1. The summed E-state index contributed by atoms with van der Waals surface area (Å²) >= 11 is 1.50. The average molecular weight is 367 g/mol. The number of piperidine rings is 1. The molecule has 1 atom stereocenters. The number of anilines is 1. The summed E-state index contributed by atoms with van der Waals surface area (Å²) in [5, 5.41) is 12.7. The van der Waals surface area contributed by atoms with Gasteiger partial charge in [-0.1, -0.05) is 0 Å². The van der Waals surface area contributed by atoms with E-state index in [1.165, 1.54) is 11.3 Å². The standard InChI is InChI=1S/C19H21N5OS/c1-13-6-10-26-18(13)19(25)21-15-3-2-9-24(12-15)17-11-16(22-23-17)14-4-7-20-8-5-14/h4-8,10-11,15H,2-3,9,12H2,1H3,(H,21,25)(H,22,23)/t15-/m1/s1. The van der Waals surface area contributed by atoms with Crippen LogP contribution in [-0.4, -0.2) is 40.2 Å². The zero-order chi connectivity index (χ0) is 17.9. The largest absolute Gasteiger partial charge is 0.353 e. The number of nitrogens with one attached hydrogen (secondary N) is 2. The molecule has 0 aliphatic carbocycles. The highest BCUT2D eigenvalue weighted by atomic mass is 32.1. The molecule has 26 heavy (non-hydrogen) atoms. The number of hydrogen-bond acceptors (Lipinski definition) is 5. The van der Waals surface area contributed by atoms with Crippen molar-refractivity contribution in [2.24, 2.45) is 0 Å². The van der Waals surface area contributed by atoms with E-state index in [1.54, 1.807) is 12.4 Å². The second-order valence-electron chi connectivity index (χ2n) is 6.57. The minimum absolute atomic E-state index is 0.0313. The van der Waals surface area contributed by atoms with Crippen molar-refractivity contribution in [3.63, 3.8) is 0 Å². The third-order valence-corrected chi connectivity index (χ3v) is 5.72. The lowest BCUT2D eigenvalue weighted by molar-refractivity contribution is 0.0936. The first kappa shape index (κ1) is 16.8. The van der Waals surface area contributed by atoms with Crippen molar-refractivity contribution in [1.29, 1.82) is 0 Å². The van der Waals surface area contributed by atoms with Gasteiger partial charge < -0.3 is 10.2 Å². The second kappa shape index (κ2) is 7.29. The lowest BCUT2D eigenvalue weighted by atomic mass is 10.1. The first-order chi connectivity index (χ1) is 12.7. The number of amides is 1. The smallest absolute Gasteiger partial charge is 0.261 e. The Hall–Kier alpha value is -2.67. The highest BCUT2D eigenvalue weighted by Crippen LogP contribution is 2.24. The summed E-state index contributed by atoms with van der Waals surface area (Å²) in [6.07, 6.45) is 5.57. The maximum atomic E-state index is 12.5. The Kier molecular flexibility index (Phi) is 4.71. The fraction of sp³-hybridized carbons (Fsp3) is 0.316. The van der Waals surface area contributed by atoms with Crippen molar-refractivity contribution in [2.45, 2.75) is 25.8 Å². The topological polar surface area (TPSA) is 73.9 Å². The van der Waals surface area contributed by atoms with Crippen molar-refractivity contribution in [2.75, 3.05) is 18.0 Å². The predicted octanol–water partition coefficient (Wildman–Crippen LogP) is 3.24. The molecule has 4 rings (SSSR count). The molecule has 0 bridgehead atoms. The Morgan fingerprint density at radius 3 is 2.96 bits per heavy atom. The summed E-state index contributed by atoms with van der Waals surface area (Å²) in [6.45, 7) is 3.70. The predicted molar refractivity (Wildman–Crippen MR) is 104 cm³/mol. The van der Waals surface area contributed by atoms with Crippen molar-refractivity contribution < 1.29 is 4.79 Å². The van der Waals surface area contributed by atoms with Crippen molar-refractivity contribution in [3.05, 3.63) is 52.5 Å². The van der Waals surface area contributed by atoms with Crippen LogP contribution in [0.25, 0.3) is 11.3 Å². The molecule has 0 aromatic carbocycles. The van der Waals surface area contributed by atoms with Crippen LogP contribution < -0.4 is 10.2 Å². The van der Waals surface area contributed by atoms with Crippen LogP contribution in [0.2, 0.25) is 0 Å². The van der Waals surface area contributed by atoms with Gasteiger partial charge in [0, 0.05) is 43.2 Å². The van der Waals surface area contributed by atoms with Gasteiger partial charge in [0.1, 0.15) is 0 Å². The zero-order valence-corrected chi connectivity index (χ0v) is 15.4. The molecule has 1 amide bonds. The minimum atomic E-state index is 0.0313. The maximum absolute atomic E-state index is 12.5. The van der Waals surface area contributed by atoms with Gasteiger partial charge in [-0.25, -0.2) is 0 Å². The molecule has 2 N–H and O–H groups in total. The summed E-state index contributed by atoms with van der Waals surface area (Å²) in [5.74, 6) is 0.951. The van der Waals surface area contributed by atoms with Gasteiger partial charge in [0.2, 0.25) is 0 Å². The average Bonchev–Trinajstić information content (AvgIpc) is 3.32. The van der Waals surface area contributed by atoms with Gasteiger partial charge in [-0.3, -0.25) is 14.9 Å². The Balaban J connectivity index is 1.43. The Morgan fingerprint density at radius 1 is 1.35 bits per heavy atom. The number of hydrogen-bond donors (Lipinski definition) is 2. The Labute approximate surface area is 156 Å². The van der Waals surface area contributed by atoms with E-state index in [4.69, 9.17) is 0 Å². The van der Waals surface area contributed by atoms with Crippen LogP contribution in [0.3, 0.4) is 0 Å². The Morgan fingerprint density at radius 2 is 2.19 bits per heavy atom. The zero-order valence-electron chi connectivity index (χ0n) is 14.6. The van der Waals surface area contributed by atoms with Gasteiger partial charge in [-0.15, -0.1) is 11.3 Å². The summed E-state index contributed by atoms with van der Waals surface area (Å²) in [4.78, 5) is 19.6. The third kappa shape index (κ3) is 3.48. The van der Waals surface area contributed by atoms with Gasteiger partial charge in [0.15, 0.2) is 5.82 Å². The SMILES string of the molecule is Cc1ccsc1C(=O)N[C@@H]1CCCN(c2cc(-c3ccncc3)[nH]n2)C1. The Bertz CT molecular complexity index is 888. The van der Waals surface area contributed by atoms with Crippen LogP contribution in [0.1, 0.15) is 28.1 Å². The van der Waals surface area contributed by atoms with Crippen molar-refractivity contribution >= 4 is 23.1 Å². The van der Waals surface area contributed by atoms with E-state index >= 15 is 0 Å². The minimum Gasteiger partial charge on any atom is -0.353 e. The lowest BCUT2D eigenvalue weighted by Gasteiger charge is -2.33. The number of aryl methyl sites for hydroxylation is 1. The van der Waals surface area contributed by atoms with Crippen LogP contribution in [0.4, 0.5) is 5.82 Å². The van der Waals surface area contributed by atoms with E-state index in [0.717, 1.165) is 53.4 Å². The molecule has 0 spiro atoms. The van der Waals surface area contributed by atoms with Crippen LogP contribution in [0, 0.1) is 6.92 Å². The number of carbonyl (C=O) groups excluding carboxylic acids is 1. The monoisotopic (exact) mass is 367 g/mol. The fourth-order valence-electron chi connectivity index (χ4n) is 3.31. The molecule has 0 saturated carbocycles. The third-order valence-electron chi connectivity index (χ3n) is 4.70. The molecule has 0 unspecified atom stereocenters. The fourth-order valence-corrected chi connectivity index (χ4v) is 4.14. The van der Waals surface area contributed by atoms with E-state index in [9.17, 15) is 4.79 Å². The summed E-state index contributed by atoms with van der Waals surface area (Å²) in [6, 6.07) is 8.10. The molecular formula is C19H21N5OS. The molecule has 1 saturated heterocycles. The number of thiophene rings is 1. The molecule has 3 aromatic heterocycles. The molecule has 3 aromatic rings. The van der Waals surface area contributed by atoms with Gasteiger partial charge in [0.25, 0.3) is 5.91 Å². The summed E-state index contributed by atoms with van der Waals surface area (Å²) in [7, 11) is 0. The van der Waals surface area contributed by atoms with Crippen molar-refractivity contribution in [3.8, 4) is 11.3 Å². The molecule has 1 aliphatic rings. The van der Waals surface area contributed by atoms with E-state index in [1.807, 2.05) is 30.5 Å². The molecule has 1 aliphatic heterocycles. The van der Waals surface area contributed by atoms with Crippen LogP contribution in [0.5, 0.6) is 0 Å². The van der Waals surface area contributed by atoms with Crippen molar-refractivity contribution in [1.82, 2.24) is 20.5 Å². The number of nitrogens with zero attached hydrogens (tertiary/aromatic N) is 3. The normalized spacial score (nSPS) is 17.3. The number of aromatic nitrogens is 3. The van der Waals surface area contributed by atoms with E-state index in [-0.39, 0.29) is 11.9 Å². The second-order valence-corrected chi connectivity index (χ2v) is 7.48. The van der Waals surface area contributed by atoms with Crippen LogP contribution in [0.15, 0.2) is 42.0 Å². The molecule has 6 nitrogen and oxygen atoms in total. The van der Waals surface area contributed by atoms with Gasteiger partial charge in [-0.05, 0) is 48.9 Å². The number of carbonyl (C=O) groups is 1. The number of pyridine rings is 1. The summed E-state index contributed by atoms with van der Waals surface area (Å²) < 4.78 is 0. The molecule has 1 fully saturated rings. The molecule has 134 valence electrons. The van der Waals surface area contributed by atoms with Crippen LogP contribution in [-0.2, 0) is 0 Å². The first-order valence-electron chi connectivity index (χ1n) is 8.76. The molecule has 7 heteroatoms. The highest BCUT2D eigenvalue weighted by molar-refractivity contribution is 7.12. The van der Waals surface area contributed by atoms with E-state index < -0.39 is 0 Å². The van der Waals surface area contributed by atoms with E-state index in [0.29, 0.717) is 0 Å². The van der Waals surface area contributed by atoms with Gasteiger partial charge in [-0.2, -0.15) is 5.10 Å². The number of rotatable bonds is 4. The van der Waals surface area contributed by atoms with Gasteiger partial charge in [0.05, 0.1) is 10.6 Å². The maximum Gasteiger partial charge on any atom is 0.261 e. The first-order valence-corrected chi connectivity index (χ1v) is 9.64. The molecule has 0 radical (unpaired) electrons. The van der Waals surface area contributed by atoms with Crippen LogP contribution >= 0.6 is 11.3 Å². The quantitative estimate of drug-likeness (QED) is 0.742. The lowest BCUT2D eigenvalue weighted by Crippen LogP contribution is -2.47. The highest BCUT2D eigenvalue weighted by Gasteiger charge is 2.24. The summed E-state index contributed by atoms with van der Waals surface area (Å²) in [5.41, 5.74) is 3.08. The van der Waals surface area contributed by atoms with Gasteiger partial charge >= 0.3 is 0 Å². The van der Waals surface area contributed by atoms with E-state index in [2.05, 4.69) is 31.5 Å². The molecule has 4 heterocycles. The number of H-pyrrole nitrogens is 1. The molecular weight excluding hydrogens is 346 g/mol.